The van der Waals surface area contributed by atoms with Gasteiger partial charge in [0.1, 0.15) is 0 Å². The Morgan fingerprint density at radius 1 is 1.08 bits per heavy atom. The van der Waals surface area contributed by atoms with E-state index in [1.807, 2.05) is 32.9 Å². The molecule has 0 radical (unpaired) electrons. The Morgan fingerprint density at radius 2 is 1.71 bits per heavy atom. The van der Waals surface area contributed by atoms with E-state index in [9.17, 15) is 4.79 Å². The van der Waals surface area contributed by atoms with E-state index in [2.05, 4.69) is 20.3 Å². The highest BCUT2D eigenvalue weighted by Crippen LogP contribution is 2.23. The number of rotatable bonds is 4. The highest BCUT2D eigenvalue weighted by molar-refractivity contribution is 6.05. The van der Waals surface area contributed by atoms with Gasteiger partial charge in [0, 0.05) is 18.1 Å². The van der Waals surface area contributed by atoms with Crippen LogP contribution in [0.2, 0.25) is 0 Å². The van der Waals surface area contributed by atoms with Gasteiger partial charge in [0.25, 0.3) is 5.91 Å². The van der Waals surface area contributed by atoms with Gasteiger partial charge < -0.3 is 10.1 Å². The highest BCUT2D eigenvalue weighted by Gasteiger charge is 2.18. The number of carbonyl (C=O) groups excluding carboxylic acids is 1. The van der Waals surface area contributed by atoms with Gasteiger partial charge in [0.05, 0.1) is 17.6 Å². The Morgan fingerprint density at radius 3 is 2.33 bits per heavy atom. The molecule has 0 atom stereocenters. The van der Waals surface area contributed by atoms with Crippen molar-refractivity contribution in [1.29, 1.82) is 0 Å². The highest BCUT2D eigenvalue weighted by atomic mass is 16.5. The summed E-state index contributed by atoms with van der Waals surface area (Å²) in [5, 5.41) is 2.79. The maximum Gasteiger partial charge on any atom is 0.279 e. The number of nitrogens with one attached hydrogen (secondary N) is 1. The molecule has 2 aromatic heterocycles. The van der Waals surface area contributed by atoms with Gasteiger partial charge in [-0.1, -0.05) is 0 Å². The third-order valence-electron chi connectivity index (χ3n) is 3.68. The van der Waals surface area contributed by atoms with Crippen LogP contribution in [0, 0.1) is 13.8 Å². The van der Waals surface area contributed by atoms with Crippen LogP contribution in [0.15, 0.2) is 36.7 Å². The first-order chi connectivity index (χ1) is 11.6. The molecule has 0 spiro atoms. The number of ether oxygens (including phenoxy) is 1. The van der Waals surface area contributed by atoms with Crippen LogP contribution in [0.1, 0.15) is 28.5 Å². The SMILES string of the molecule is CCOc1nc2cc(C)c(C)cc2nc1C(=O)Nc1ccncc1. The summed E-state index contributed by atoms with van der Waals surface area (Å²) in [6.07, 6.45) is 3.22. The molecule has 0 saturated carbocycles. The van der Waals surface area contributed by atoms with Crippen molar-refractivity contribution in [2.75, 3.05) is 11.9 Å². The minimum absolute atomic E-state index is 0.171. The van der Waals surface area contributed by atoms with Crippen molar-refractivity contribution in [1.82, 2.24) is 15.0 Å². The van der Waals surface area contributed by atoms with Crippen LogP contribution in [0.25, 0.3) is 11.0 Å². The summed E-state index contributed by atoms with van der Waals surface area (Å²) in [4.78, 5) is 25.5. The smallest absolute Gasteiger partial charge is 0.279 e. The second-order valence-corrected chi connectivity index (χ2v) is 5.43. The molecule has 3 aromatic rings. The number of aryl methyl sites for hydroxylation is 2. The number of benzene rings is 1. The molecule has 6 heteroatoms. The summed E-state index contributed by atoms with van der Waals surface area (Å²) in [5.41, 5.74) is 4.40. The van der Waals surface area contributed by atoms with Gasteiger partial charge in [-0.25, -0.2) is 9.97 Å². The first-order valence-corrected chi connectivity index (χ1v) is 7.71. The zero-order valence-electron chi connectivity index (χ0n) is 13.8. The molecule has 0 saturated heterocycles. The number of fused-ring (bicyclic) bond motifs is 1. The third kappa shape index (κ3) is 3.17. The molecule has 6 nitrogen and oxygen atoms in total. The first-order valence-electron chi connectivity index (χ1n) is 7.71. The quantitative estimate of drug-likeness (QED) is 0.797. The minimum atomic E-state index is -0.364. The Bertz CT molecular complexity index is 894. The molecule has 24 heavy (non-hydrogen) atoms. The van der Waals surface area contributed by atoms with Crippen molar-refractivity contribution in [2.24, 2.45) is 0 Å². The van der Waals surface area contributed by atoms with E-state index in [1.54, 1.807) is 24.5 Å². The molecule has 0 aliphatic heterocycles. The van der Waals surface area contributed by atoms with E-state index in [0.29, 0.717) is 23.3 Å². The molecule has 2 heterocycles. The largest absolute Gasteiger partial charge is 0.476 e. The maximum atomic E-state index is 12.6. The van der Waals surface area contributed by atoms with E-state index in [1.165, 1.54) is 0 Å². The van der Waals surface area contributed by atoms with Crippen LogP contribution < -0.4 is 10.1 Å². The van der Waals surface area contributed by atoms with Crippen molar-refractivity contribution < 1.29 is 9.53 Å². The van der Waals surface area contributed by atoms with Crippen LogP contribution in [-0.2, 0) is 0 Å². The van der Waals surface area contributed by atoms with Gasteiger partial charge in [-0.05, 0) is 56.2 Å². The van der Waals surface area contributed by atoms with E-state index in [0.717, 1.165) is 11.1 Å². The van der Waals surface area contributed by atoms with Crippen LogP contribution in [0.3, 0.4) is 0 Å². The van der Waals surface area contributed by atoms with E-state index in [-0.39, 0.29) is 17.5 Å². The van der Waals surface area contributed by atoms with Gasteiger partial charge in [-0.2, -0.15) is 0 Å². The number of aromatic nitrogens is 3. The molecular weight excluding hydrogens is 304 g/mol. The zero-order chi connectivity index (χ0) is 17.1. The lowest BCUT2D eigenvalue weighted by atomic mass is 10.1. The molecule has 0 bridgehead atoms. The fourth-order valence-electron chi connectivity index (χ4n) is 2.31. The monoisotopic (exact) mass is 322 g/mol. The molecule has 0 fully saturated rings. The number of pyridine rings is 1. The predicted molar refractivity (Wildman–Crippen MR) is 92.4 cm³/mol. The van der Waals surface area contributed by atoms with E-state index >= 15 is 0 Å². The van der Waals surface area contributed by atoms with Crippen LogP contribution >= 0.6 is 0 Å². The molecule has 1 N–H and O–H groups in total. The van der Waals surface area contributed by atoms with Gasteiger partial charge >= 0.3 is 0 Å². The topological polar surface area (TPSA) is 77.0 Å². The number of amides is 1. The second kappa shape index (κ2) is 6.62. The Kier molecular flexibility index (Phi) is 4.37. The van der Waals surface area contributed by atoms with Crippen LogP contribution in [0.5, 0.6) is 5.88 Å². The Balaban J connectivity index is 2.05. The summed E-state index contributed by atoms with van der Waals surface area (Å²) in [6.45, 7) is 6.27. The molecular formula is C18H18N4O2. The maximum absolute atomic E-state index is 12.6. The molecule has 0 aliphatic carbocycles. The molecule has 1 amide bonds. The number of hydrogen-bond donors (Lipinski definition) is 1. The van der Waals surface area contributed by atoms with E-state index < -0.39 is 0 Å². The van der Waals surface area contributed by atoms with Crippen LogP contribution in [0.4, 0.5) is 5.69 Å². The summed E-state index contributed by atoms with van der Waals surface area (Å²) in [5.74, 6) is -0.128. The molecule has 3 rings (SSSR count). The lowest BCUT2D eigenvalue weighted by Crippen LogP contribution is -2.16. The number of nitrogens with zero attached hydrogens (tertiary/aromatic N) is 3. The number of carbonyl (C=O) groups is 1. The van der Waals surface area contributed by atoms with Gasteiger partial charge in [-0.15, -0.1) is 0 Å². The van der Waals surface area contributed by atoms with E-state index in [4.69, 9.17) is 4.74 Å². The van der Waals surface area contributed by atoms with Gasteiger partial charge in [0.2, 0.25) is 5.88 Å². The van der Waals surface area contributed by atoms with Crippen molar-refractivity contribution in [3.63, 3.8) is 0 Å². The minimum Gasteiger partial charge on any atom is -0.476 e. The lowest BCUT2D eigenvalue weighted by Gasteiger charge is -2.11. The average molecular weight is 322 g/mol. The summed E-state index contributed by atoms with van der Waals surface area (Å²) >= 11 is 0. The predicted octanol–water partition coefficient (Wildman–Crippen LogP) is 3.29. The average Bonchev–Trinajstić information content (AvgIpc) is 2.57. The standard InChI is InChI=1S/C18H18N4O2/c1-4-24-18-16(17(23)20-13-5-7-19-8-6-13)21-14-9-11(2)12(3)10-15(14)22-18/h5-10H,4H2,1-3H3,(H,19,20,23). The molecule has 122 valence electrons. The molecule has 0 unspecified atom stereocenters. The lowest BCUT2D eigenvalue weighted by molar-refractivity contribution is 0.101. The van der Waals surface area contributed by atoms with Crippen molar-refractivity contribution in [3.8, 4) is 5.88 Å². The summed E-state index contributed by atoms with van der Waals surface area (Å²) in [7, 11) is 0. The fraction of sp³-hybridized carbons (Fsp3) is 0.222. The second-order valence-electron chi connectivity index (χ2n) is 5.43. The summed E-state index contributed by atoms with van der Waals surface area (Å²) in [6, 6.07) is 7.29. The van der Waals surface area contributed by atoms with Crippen LogP contribution in [-0.4, -0.2) is 27.5 Å². The van der Waals surface area contributed by atoms with Crippen molar-refractivity contribution >= 4 is 22.6 Å². The van der Waals surface area contributed by atoms with Crippen molar-refractivity contribution in [3.05, 3.63) is 53.5 Å². The molecule has 1 aromatic carbocycles. The zero-order valence-corrected chi connectivity index (χ0v) is 13.8. The third-order valence-corrected chi connectivity index (χ3v) is 3.68. The normalized spacial score (nSPS) is 10.6. The molecule has 0 aliphatic rings. The Labute approximate surface area is 139 Å². The first kappa shape index (κ1) is 15.9. The summed E-state index contributed by atoms with van der Waals surface area (Å²) < 4.78 is 5.53. The fourth-order valence-corrected chi connectivity index (χ4v) is 2.31. The number of hydrogen-bond acceptors (Lipinski definition) is 5. The van der Waals surface area contributed by atoms with Crippen molar-refractivity contribution in [2.45, 2.75) is 20.8 Å². The van der Waals surface area contributed by atoms with Gasteiger partial charge in [0.15, 0.2) is 5.69 Å². The Hall–Kier alpha value is -3.02. The number of anilines is 1. The van der Waals surface area contributed by atoms with Gasteiger partial charge in [-0.3, -0.25) is 9.78 Å².